The van der Waals surface area contributed by atoms with Crippen molar-refractivity contribution in [2.24, 2.45) is 9.98 Å². The summed E-state index contributed by atoms with van der Waals surface area (Å²) in [5.74, 6) is -0.789. The first-order valence-electron chi connectivity index (χ1n) is 10.0. The number of benzene rings is 2. The Hall–Kier alpha value is -3.31. The zero-order valence-corrected chi connectivity index (χ0v) is 19.8. The Labute approximate surface area is 201 Å². The fourth-order valence-corrected chi connectivity index (χ4v) is 3.24. The molecule has 0 atom stereocenters. The first kappa shape index (κ1) is 27.7. The molecule has 0 aliphatic heterocycles. The van der Waals surface area contributed by atoms with Crippen LogP contribution in [0.15, 0.2) is 34.3 Å². The molecule has 0 aliphatic carbocycles. The molecule has 0 amide bonds. The summed E-state index contributed by atoms with van der Waals surface area (Å²) in [6.07, 6.45) is 1.37. The molecule has 2 rings (SSSR count). The number of nitrogens with zero attached hydrogens (tertiary/aromatic N) is 4. The molecule has 179 valence electrons. The van der Waals surface area contributed by atoms with Crippen molar-refractivity contribution in [3.05, 3.63) is 66.7 Å². The fourth-order valence-electron chi connectivity index (χ4n) is 3.24. The topological polar surface area (TPSA) is 151 Å². The average molecular weight is 501 g/mol. The van der Waals surface area contributed by atoms with E-state index < -0.39 is 21.3 Å². The summed E-state index contributed by atoms with van der Waals surface area (Å²) < 4.78 is 0. The maximum atomic E-state index is 11.1. The number of unbranched alkanes of at least 4 members (excludes halogenated alkanes) is 1. The van der Waals surface area contributed by atoms with Crippen LogP contribution in [0.25, 0.3) is 0 Å². The van der Waals surface area contributed by atoms with Gasteiger partial charge in [0.25, 0.3) is 0 Å². The van der Waals surface area contributed by atoms with Crippen LogP contribution in [0.3, 0.4) is 0 Å². The molecule has 0 aliphatic rings. The van der Waals surface area contributed by atoms with Crippen molar-refractivity contribution in [3.8, 4) is 11.5 Å². The standard InChI is InChI=1S/C22H26N4O6.Co/c1-13-9-17(21(27)19(11-13)25(29)30)15(3)23-7-5-6-8-24-16(4)18-10-14(2)12-20(22(18)28)26(31)32;/h9-12,27-28H,5-8H2,1-4H3;. The first-order chi connectivity index (χ1) is 15.0. The van der Waals surface area contributed by atoms with Gasteiger partial charge in [0.2, 0.25) is 11.5 Å². The van der Waals surface area contributed by atoms with Crippen molar-refractivity contribution in [2.75, 3.05) is 13.1 Å². The van der Waals surface area contributed by atoms with Crippen molar-refractivity contribution >= 4 is 22.8 Å². The molecule has 0 saturated carbocycles. The number of phenolic OH excluding ortho intramolecular Hbond substituents is 2. The number of phenols is 2. The summed E-state index contributed by atoms with van der Waals surface area (Å²) in [6, 6.07) is 5.94. The Kier molecular flexibility index (Phi) is 10.1. The number of hydrogen-bond donors (Lipinski definition) is 2. The minimum absolute atomic E-state index is 0. The molecule has 0 aromatic heterocycles. The largest absolute Gasteiger partial charge is 0.502 e. The molecular formula is C22H26CoN4O6. The van der Waals surface area contributed by atoms with Gasteiger partial charge in [-0.1, -0.05) is 0 Å². The van der Waals surface area contributed by atoms with E-state index in [9.17, 15) is 30.4 Å². The fraction of sp³-hybridized carbons (Fsp3) is 0.364. The third-order valence-corrected chi connectivity index (χ3v) is 4.91. The van der Waals surface area contributed by atoms with Crippen LogP contribution in [0.2, 0.25) is 0 Å². The number of aromatic hydroxyl groups is 2. The monoisotopic (exact) mass is 501 g/mol. The van der Waals surface area contributed by atoms with E-state index in [4.69, 9.17) is 0 Å². The Morgan fingerprint density at radius 2 is 1.12 bits per heavy atom. The SMILES string of the molecule is CC(=NCCCCN=C(C)c1cc(C)cc([N+](=O)[O-])c1O)c1cc(C)cc([N+](=O)[O-])c1O.[Co]. The van der Waals surface area contributed by atoms with Gasteiger partial charge in [0.05, 0.1) is 9.85 Å². The maximum Gasteiger partial charge on any atom is 0.311 e. The molecule has 0 unspecified atom stereocenters. The second-order valence-corrected chi connectivity index (χ2v) is 7.52. The van der Waals surface area contributed by atoms with E-state index in [1.807, 2.05) is 0 Å². The van der Waals surface area contributed by atoms with E-state index in [1.165, 1.54) is 12.1 Å². The molecule has 0 spiro atoms. The van der Waals surface area contributed by atoms with Crippen LogP contribution < -0.4 is 0 Å². The van der Waals surface area contributed by atoms with Crippen molar-refractivity contribution in [3.63, 3.8) is 0 Å². The van der Waals surface area contributed by atoms with E-state index >= 15 is 0 Å². The van der Waals surface area contributed by atoms with Gasteiger partial charge in [0, 0.05) is 64.6 Å². The number of aliphatic imine (C=N–C) groups is 2. The second-order valence-electron chi connectivity index (χ2n) is 7.52. The molecule has 2 N–H and O–H groups in total. The predicted octanol–water partition coefficient (Wildman–Crippen LogP) is 4.63. The van der Waals surface area contributed by atoms with Gasteiger partial charge in [-0.25, -0.2) is 0 Å². The molecule has 0 saturated heterocycles. The molecule has 2 aromatic carbocycles. The number of aryl methyl sites for hydroxylation is 2. The van der Waals surface area contributed by atoms with Gasteiger partial charge in [-0.05, 0) is 63.8 Å². The summed E-state index contributed by atoms with van der Waals surface area (Å²) in [7, 11) is 0. The van der Waals surface area contributed by atoms with Crippen molar-refractivity contribution < 1.29 is 36.8 Å². The van der Waals surface area contributed by atoms with Crippen molar-refractivity contribution in [2.45, 2.75) is 40.5 Å². The summed E-state index contributed by atoms with van der Waals surface area (Å²) >= 11 is 0. The van der Waals surface area contributed by atoms with Crippen LogP contribution in [0.5, 0.6) is 11.5 Å². The third kappa shape index (κ3) is 7.09. The summed E-state index contributed by atoms with van der Waals surface area (Å²) in [5.41, 5.74) is 2.30. The van der Waals surface area contributed by atoms with E-state index in [0.717, 1.165) is 0 Å². The van der Waals surface area contributed by atoms with Gasteiger partial charge in [0.15, 0.2) is 0 Å². The van der Waals surface area contributed by atoms with E-state index in [1.54, 1.807) is 39.8 Å². The molecule has 2 aromatic rings. The third-order valence-electron chi connectivity index (χ3n) is 4.91. The van der Waals surface area contributed by atoms with Gasteiger partial charge >= 0.3 is 11.4 Å². The minimum atomic E-state index is -0.625. The zero-order chi connectivity index (χ0) is 24.0. The Bertz CT molecular complexity index is 1030. The van der Waals surface area contributed by atoms with E-state index in [-0.39, 0.29) is 28.2 Å². The summed E-state index contributed by atoms with van der Waals surface area (Å²) in [6.45, 7) is 7.70. The molecule has 0 heterocycles. The Morgan fingerprint density at radius 1 is 0.788 bits per heavy atom. The minimum Gasteiger partial charge on any atom is -0.502 e. The summed E-state index contributed by atoms with van der Waals surface area (Å²) in [4.78, 5) is 29.7. The van der Waals surface area contributed by atoms with Crippen LogP contribution in [-0.4, -0.2) is 44.6 Å². The van der Waals surface area contributed by atoms with Gasteiger partial charge in [-0.15, -0.1) is 0 Å². The number of nitro groups is 2. The van der Waals surface area contributed by atoms with Crippen LogP contribution in [0.4, 0.5) is 11.4 Å². The molecule has 0 bridgehead atoms. The molecule has 0 fully saturated rings. The smallest absolute Gasteiger partial charge is 0.311 e. The number of nitro benzene ring substituents is 2. The van der Waals surface area contributed by atoms with E-state index in [0.29, 0.717) is 59.6 Å². The summed E-state index contributed by atoms with van der Waals surface area (Å²) in [5, 5.41) is 42.5. The molecule has 1 radical (unpaired) electrons. The average Bonchev–Trinajstić information content (AvgIpc) is 2.72. The normalized spacial score (nSPS) is 11.8. The van der Waals surface area contributed by atoms with Crippen LogP contribution >= 0.6 is 0 Å². The van der Waals surface area contributed by atoms with Crippen LogP contribution in [0, 0.1) is 34.1 Å². The molecule has 11 heteroatoms. The first-order valence-corrected chi connectivity index (χ1v) is 10.0. The van der Waals surface area contributed by atoms with Crippen LogP contribution in [-0.2, 0) is 16.8 Å². The Morgan fingerprint density at radius 3 is 1.42 bits per heavy atom. The maximum absolute atomic E-state index is 11.1. The molecule has 33 heavy (non-hydrogen) atoms. The second kappa shape index (κ2) is 12.1. The zero-order valence-electron chi connectivity index (χ0n) is 18.8. The van der Waals surface area contributed by atoms with Gasteiger partial charge < -0.3 is 10.2 Å². The van der Waals surface area contributed by atoms with Crippen molar-refractivity contribution in [1.82, 2.24) is 0 Å². The predicted molar refractivity (Wildman–Crippen MR) is 122 cm³/mol. The quantitative estimate of drug-likeness (QED) is 0.221. The van der Waals surface area contributed by atoms with Gasteiger partial charge in [0.1, 0.15) is 0 Å². The van der Waals surface area contributed by atoms with Crippen molar-refractivity contribution in [1.29, 1.82) is 0 Å². The Balaban J connectivity index is 0.00000544. The molecular weight excluding hydrogens is 475 g/mol. The van der Waals surface area contributed by atoms with E-state index in [2.05, 4.69) is 9.98 Å². The van der Waals surface area contributed by atoms with Gasteiger partial charge in [-0.2, -0.15) is 0 Å². The molecule has 10 nitrogen and oxygen atoms in total. The number of rotatable bonds is 9. The number of hydrogen-bond acceptors (Lipinski definition) is 8. The van der Waals surface area contributed by atoms with Crippen LogP contribution in [0.1, 0.15) is 48.9 Å². The van der Waals surface area contributed by atoms with Gasteiger partial charge in [-0.3, -0.25) is 30.2 Å².